The van der Waals surface area contributed by atoms with Crippen molar-refractivity contribution in [3.63, 3.8) is 0 Å². The van der Waals surface area contributed by atoms with E-state index >= 15 is 0 Å². The van der Waals surface area contributed by atoms with Crippen molar-refractivity contribution in [1.29, 1.82) is 0 Å². The maximum absolute atomic E-state index is 11.1. The van der Waals surface area contributed by atoms with Crippen LogP contribution in [0, 0.1) is 0 Å². The first-order valence-corrected chi connectivity index (χ1v) is 7.84. The predicted octanol–water partition coefficient (Wildman–Crippen LogP) is 2.53. The van der Waals surface area contributed by atoms with Gasteiger partial charge in [0.1, 0.15) is 0 Å². The van der Waals surface area contributed by atoms with Crippen LogP contribution in [0.15, 0.2) is 43.0 Å². The lowest BCUT2D eigenvalue weighted by Crippen LogP contribution is -2.11. The van der Waals surface area contributed by atoms with E-state index in [0.717, 1.165) is 12.0 Å². The molecule has 8 heteroatoms. The van der Waals surface area contributed by atoms with E-state index in [9.17, 15) is 4.79 Å². The third kappa shape index (κ3) is 3.79. The number of aromatic nitrogens is 5. The van der Waals surface area contributed by atoms with Gasteiger partial charge in [-0.05, 0) is 24.6 Å². The Kier molecular flexibility index (Phi) is 4.69. The lowest BCUT2D eigenvalue weighted by atomic mass is 10.1. The van der Waals surface area contributed by atoms with Crippen LogP contribution in [0.3, 0.4) is 0 Å². The van der Waals surface area contributed by atoms with E-state index in [1.54, 1.807) is 16.9 Å². The van der Waals surface area contributed by atoms with Crippen molar-refractivity contribution >= 4 is 11.9 Å². The van der Waals surface area contributed by atoms with Crippen LogP contribution in [-0.2, 0) is 7.05 Å². The molecular formula is C17H18N6O2. The Hall–Kier alpha value is -3.29. The number of anilines is 1. The zero-order valence-electron chi connectivity index (χ0n) is 13.9. The van der Waals surface area contributed by atoms with E-state index in [-0.39, 0.29) is 11.6 Å². The Morgan fingerprint density at radius 2 is 2.08 bits per heavy atom. The molecule has 0 amide bonds. The Labute approximate surface area is 144 Å². The van der Waals surface area contributed by atoms with Crippen molar-refractivity contribution < 1.29 is 9.90 Å². The fraction of sp³-hybridized carbons (Fsp3) is 0.235. The van der Waals surface area contributed by atoms with Crippen LogP contribution < -0.4 is 5.32 Å². The van der Waals surface area contributed by atoms with Gasteiger partial charge in [0.15, 0.2) is 0 Å². The van der Waals surface area contributed by atoms with Crippen molar-refractivity contribution in [3.05, 3.63) is 54.1 Å². The number of aromatic carboxylic acids is 1. The summed E-state index contributed by atoms with van der Waals surface area (Å²) in [7, 11) is 1.87. The van der Waals surface area contributed by atoms with Gasteiger partial charge in [-0.1, -0.05) is 6.92 Å². The van der Waals surface area contributed by atoms with Crippen LogP contribution in [0.1, 0.15) is 35.3 Å². The van der Waals surface area contributed by atoms with Crippen LogP contribution in [0.25, 0.3) is 11.4 Å². The molecule has 3 aromatic rings. The summed E-state index contributed by atoms with van der Waals surface area (Å²) in [4.78, 5) is 24.0. The van der Waals surface area contributed by atoms with E-state index < -0.39 is 5.97 Å². The normalized spacial score (nSPS) is 11.9. The molecule has 0 bridgehead atoms. The standard InChI is InChI=1S/C17H18N6O2/c1-3-13(12-9-20-23(2)10-12)21-17-19-7-5-14(22-17)15-8-11(16(24)25)4-6-18-15/h4-10,13H,3H2,1-2H3,(H,24,25)(H,19,21,22)/t13-/m0/s1. The number of nitrogens with zero attached hydrogens (tertiary/aromatic N) is 5. The minimum absolute atomic E-state index is 0.0299. The summed E-state index contributed by atoms with van der Waals surface area (Å²) in [5, 5.41) is 16.6. The van der Waals surface area contributed by atoms with Crippen LogP contribution in [0.5, 0.6) is 0 Å². The number of pyridine rings is 1. The lowest BCUT2D eigenvalue weighted by Gasteiger charge is -2.15. The van der Waals surface area contributed by atoms with Gasteiger partial charge in [0, 0.05) is 31.2 Å². The SMILES string of the molecule is CC[C@H](Nc1nccc(-c2cc(C(=O)O)ccn2)n1)c1cnn(C)c1. The molecule has 3 aromatic heterocycles. The van der Waals surface area contributed by atoms with Crippen molar-refractivity contribution in [2.45, 2.75) is 19.4 Å². The fourth-order valence-electron chi connectivity index (χ4n) is 2.47. The number of rotatable bonds is 6. The van der Waals surface area contributed by atoms with Gasteiger partial charge in [0.2, 0.25) is 5.95 Å². The summed E-state index contributed by atoms with van der Waals surface area (Å²) >= 11 is 0. The molecule has 0 spiro atoms. The van der Waals surface area contributed by atoms with Gasteiger partial charge >= 0.3 is 5.97 Å². The summed E-state index contributed by atoms with van der Waals surface area (Å²) in [6.07, 6.45) is 7.67. The highest BCUT2D eigenvalue weighted by molar-refractivity contribution is 5.88. The lowest BCUT2D eigenvalue weighted by molar-refractivity contribution is 0.0697. The summed E-state index contributed by atoms with van der Waals surface area (Å²) < 4.78 is 1.75. The van der Waals surface area contributed by atoms with E-state index in [2.05, 4.69) is 32.3 Å². The summed E-state index contributed by atoms with van der Waals surface area (Å²) in [6, 6.07) is 4.67. The van der Waals surface area contributed by atoms with Crippen molar-refractivity contribution in [2.75, 3.05) is 5.32 Å². The summed E-state index contributed by atoms with van der Waals surface area (Å²) in [5.74, 6) is -0.547. The number of hydrogen-bond acceptors (Lipinski definition) is 6. The molecule has 2 N–H and O–H groups in total. The largest absolute Gasteiger partial charge is 0.478 e. The first-order chi connectivity index (χ1) is 12.1. The zero-order chi connectivity index (χ0) is 17.8. The monoisotopic (exact) mass is 338 g/mol. The molecule has 1 atom stereocenters. The van der Waals surface area contributed by atoms with Gasteiger partial charge in [-0.3, -0.25) is 9.67 Å². The molecule has 128 valence electrons. The molecule has 0 saturated heterocycles. The van der Waals surface area contributed by atoms with Gasteiger partial charge in [0.05, 0.1) is 29.2 Å². The van der Waals surface area contributed by atoms with E-state index in [1.165, 1.54) is 18.3 Å². The van der Waals surface area contributed by atoms with Gasteiger partial charge in [0.25, 0.3) is 0 Å². The predicted molar refractivity (Wildman–Crippen MR) is 92.1 cm³/mol. The smallest absolute Gasteiger partial charge is 0.335 e. The molecule has 0 aromatic carbocycles. The van der Waals surface area contributed by atoms with Crippen LogP contribution in [0.4, 0.5) is 5.95 Å². The third-order valence-corrected chi connectivity index (χ3v) is 3.76. The molecule has 0 aliphatic carbocycles. The molecule has 0 saturated carbocycles. The number of carboxylic acid groups (broad SMARTS) is 1. The van der Waals surface area contributed by atoms with Crippen LogP contribution >= 0.6 is 0 Å². The second-order valence-corrected chi connectivity index (χ2v) is 5.55. The van der Waals surface area contributed by atoms with Gasteiger partial charge in [-0.15, -0.1) is 0 Å². The highest BCUT2D eigenvalue weighted by Crippen LogP contribution is 2.22. The van der Waals surface area contributed by atoms with Gasteiger partial charge < -0.3 is 10.4 Å². The van der Waals surface area contributed by atoms with Gasteiger partial charge in [-0.25, -0.2) is 14.8 Å². The second-order valence-electron chi connectivity index (χ2n) is 5.55. The Morgan fingerprint density at radius 3 is 2.76 bits per heavy atom. The average molecular weight is 338 g/mol. The molecule has 8 nitrogen and oxygen atoms in total. The van der Waals surface area contributed by atoms with Crippen molar-refractivity contribution in [2.24, 2.45) is 7.05 Å². The van der Waals surface area contributed by atoms with Crippen LogP contribution in [-0.4, -0.2) is 35.8 Å². The molecule has 25 heavy (non-hydrogen) atoms. The first-order valence-electron chi connectivity index (χ1n) is 7.84. The highest BCUT2D eigenvalue weighted by atomic mass is 16.4. The fourth-order valence-corrected chi connectivity index (χ4v) is 2.47. The molecule has 0 aliphatic heterocycles. The van der Waals surface area contributed by atoms with E-state index in [0.29, 0.717) is 17.3 Å². The van der Waals surface area contributed by atoms with Crippen molar-refractivity contribution in [1.82, 2.24) is 24.7 Å². The van der Waals surface area contributed by atoms with Gasteiger partial charge in [-0.2, -0.15) is 5.10 Å². The zero-order valence-corrected chi connectivity index (χ0v) is 13.9. The van der Waals surface area contributed by atoms with Crippen LogP contribution in [0.2, 0.25) is 0 Å². The maximum Gasteiger partial charge on any atom is 0.335 e. The summed E-state index contributed by atoms with van der Waals surface area (Å²) in [6.45, 7) is 2.06. The topological polar surface area (TPSA) is 106 Å². The minimum atomic E-state index is -1.00. The number of hydrogen-bond donors (Lipinski definition) is 2. The number of carbonyl (C=O) groups is 1. The van der Waals surface area contributed by atoms with E-state index in [4.69, 9.17) is 5.11 Å². The minimum Gasteiger partial charge on any atom is -0.478 e. The van der Waals surface area contributed by atoms with E-state index in [1.807, 2.05) is 19.4 Å². The summed E-state index contributed by atoms with van der Waals surface area (Å²) in [5.41, 5.74) is 2.26. The third-order valence-electron chi connectivity index (χ3n) is 3.76. The number of aryl methyl sites for hydroxylation is 1. The van der Waals surface area contributed by atoms with Crippen molar-refractivity contribution in [3.8, 4) is 11.4 Å². The Bertz CT molecular complexity index is 892. The average Bonchev–Trinajstić information content (AvgIpc) is 3.06. The molecule has 0 fully saturated rings. The molecule has 0 unspecified atom stereocenters. The number of carboxylic acids is 1. The maximum atomic E-state index is 11.1. The molecule has 0 radical (unpaired) electrons. The molecule has 0 aliphatic rings. The molecule has 3 rings (SSSR count). The highest BCUT2D eigenvalue weighted by Gasteiger charge is 2.14. The number of nitrogens with one attached hydrogen (secondary N) is 1. The molecule has 3 heterocycles. The Balaban J connectivity index is 1.86. The molecular weight excluding hydrogens is 320 g/mol. The Morgan fingerprint density at radius 1 is 1.28 bits per heavy atom. The quantitative estimate of drug-likeness (QED) is 0.711. The second kappa shape index (κ2) is 7.08. The first kappa shape index (κ1) is 16.6.